The summed E-state index contributed by atoms with van der Waals surface area (Å²) >= 11 is 0. The second-order valence-electron chi connectivity index (χ2n) is 32.0. The molecule has 0 spiro atoms. The van der Waals surface area contributed by atoms with Gasteiger partial charge in [-0.1, -0.05) is 395 Å². The van der Waals surface area contributed by atoms with Crippen molar-refractivity contribution in [3.05, 3.63) is 0 Å². The zero-order chi connectivity index (χ0) is 76.5. The zero-order valence-electron chi connectivity index (χ0n) is 68.5. The number of rotatable bonds is 83. The molecule has 0 rings (SSSR count). The lowest BCUT2D eigenvalue weighted by molar-refractivity contribution is -0.161. The minimum atomic E-state index is -4.97. The Bertz CT molecular complexity index is 2010. The van der Waals surface area contributed by atoms with Gasteiger partial charge in [0.2, 0.25) is 0 Å². The number of phosphoric ester groups is 2. The Kier molecular flexibility index (Phi) is 73.7. The number of hydrogen-bond acceptors (Lipinski definition) is 15. The van der Waals surface area contributed by atoms with Crippen LogP contribution in [0.2, 0.25) is 0 Å². The Morgan fingerprint density at radius 1 is 0.260 bits per heavy atom. The molecule has 5 atom stereocenters. The number of phosphoric acid groups is 2. The van der Waals surface area contributed by atoms with Crippen LogP contribution in [0.3, 0.4) is 0 Å². The van der Waals surface area contributed by atoms with E-state index in [1.165, 1.54) is 257 Å². The third-order valence-corrected chi connectivity index (χ3v) is 21.8. The molecule has 0 aromatic rings. The molecule has 2 unspecified atom stereocenters. The Morgan fingerprint density at radius 3 is 0.654 bits per heavy atom. The van der Waals surface area contributed by atoms with E-state index >= 15 is 0 Å². The van der Waals surface area contributed by atoms with Gasteiger partial charge >= 0.3 is 39.5 Å². The van der Waals surface area contributed by atoms with Gasteiger partial charge < -0.3 is 33.8 Å². The first-order chi connectivity index (χ1) is 50.2. The van der Waals surface area contributed by atoms with Gasteiger partial charge in [0.05, 0.1) is 26.4 Å². The Balaban J connectivity index is 5.25. The first-order valence-corrected chi connectivity index (χ1v) is 46.8. The van der Waals surface area contributed by atoms with Crippen molar-refractivity contribution in [3.63, 3.8) is 0 Å². The van der Waals surface area contributed by atoms with Gasteiger partial charge in [-0.25, -0.2) is 9.13 Å². The second-order valence-corrected chi connectivity index (χ2v) is 34.9. The maximum atomic E-state index is 13.1. The topological polar surface area (TPSA) is 237 Å². The maximum Gasteiger partial charge on any atom is 0.472 e. The second kappa shape index (κ2) is 75.1. The lowest BCUT2D eigenvalue weighted by Crippen LogP contribution is -2.30. The molecule has 0 aromatic heterocycles. The van der Waals surface area contributed by atoms with Crippen molar-refractivity contribution in [2.24, 2.45) is 17.8 Å². The van der Waals surface area contributed by atoms with E-state index in [4.69, 9.17) is 37.0 Å². The zero-order valence-corrected chi connectivity index (χ0v) is 70.3. The number of aliphatic hydroxyl groups excluding tert-OH is 1. The number of hydrogen-bond donors (Lipinski definition) is 3. The van der Waals surface area contributed by atoms with Crippen molar-refractivity contribution in [2.45, 2.75) is 465 Å². The Labute approximate surface area is 638 Å². The Hall–Kier alpha value is -1.94. The SMILES string of the molecule is CCCCCCCCCCCCCCCCCC(=O)O[C@H](COC(=O)CCCCCCCCCCC(C)C)COP(=O)(O)OC[C@H](O)COP(=O)(O)OC[C@@H](COC(=O)CCCCCCCCCCCCCCCCCCC(C)C)OC(=O)CCCCCCCCCCCCCCCCCCC(C)C. The van der Waals surface area contributed by atoms with Crippen LogP contribution < -0.4 is 0 Å². The van der Waals surface area contributed by atoms with E-state index in [2.05, 4.69) is 48.5 Å². The molecule has 618 valence electrons. The number of carbonyl (C=O) groups is 4. The van der Waals surface area contributed by atoms with E-state index in [1.54, 1.807) is 0 Å². The molecule has 0 saturated heterocycles. The van der Waals surface area contributed by atoms with Gasteiger partial charge in [0.15, 0.2) is 12.2 Å². The molecule has 17 nitrogen and oxygen atoms in total. The van der Waals surface area contributed by atoms with Crippen molar-refractivity contribution in [2.75, 3.05) is 39.6 Å². The van der Waals surface area contributed by atoms with Gasteiger partial charge in [-0.2, -0.15) is 0 Å². The minimum Gasteiger partial charge on any atom is -0.462 e. The van der Waals surface area contributed by atoms with Crippen LogP contribution in [-0.2, 0) is 65.4 Å². The largest absolute Gasteiger partial charge is 0.472 e. The summed E-state index contributed by atoms with van der Waals surface area (Å²) in [5, 5.41) is 10.7. The summed E-state index contributed by atoms with van der Waals surface area (Å²) in [6.07, 6.45) is 65.2. The summed E-state index contributed by atoms with van der Waals surface area (Å²) in [7, 11) is -9.93. The average Bonchev–Trinajstić information content (AvgIpc) is 0.907. The van der Waals surface area contributed by atoms with Crippen molar-refractivity contribution < 1.29 is 80.2 Å². The monoisotopic (exact) mass is 1520 g/mol. The van der Waals surface area contributed by atoms with Gasteiger partial charge in [-0.15, -0.1) is 0 Å². The van der Waals surface area contributed by atoms with Crippen LogP contribution in [0.5, 0.6) is 0 Å². The maximum absolute atomic E-state index is 13.1. The van der Waals surface area contributed by atoms with Crippen molar-refractivity contribution in [3.8, 4) is 0 Å². The first kappa shape index (κ1) is 102. The predicted molar refractivity (Wildman–Crippen MR) is 428 cm³/mol. The summed E-state index contributed by atoms with van der Waals surface area (Å²) in [5.41, 5.74) is 0. The molecule has 0 fully saturated rings. The number of esters is 4. The third kappa shape index (κ3) is 78.2. The van der Waals surface area contributed by atoms with E-state index in [-0.39, 0.29) is 25.7 Å². The van der Waals surface area contributed by atoms with Crippen LogP contribution >= 0.6 is 15.6 Å². The van der Waals surface area contributed by atoms with Crippen LogP contribution in [0.15, 0.2) is 0 Å². The van der Waals surface area contributed by atoms with Crippen molar-refractivity contribution in [1.29, 1.82) is 0 Å². The van der Waals surface area contributed by atoms with E-state index in [9.17, 15) is 43.2 Å². The van der Waals surface area contributed by atoms with Crippen molar-refractivity contribution in [1.82, 2.24) is 0 Å². The molecule has 19 heteroatoms. The quantitative estimate of drug-likeness (QED) is 0.0222. The number of aliphatic hydroxyl groups is 1. The van der Waals surface area contributed by atoms with Crippen LogP contribution in [0, 0.1) is 17.8 Å². The fourth-order valence-corrected chi connectivity index (χ4v) is 14.8. The molecular weight excluding hydrogens is 1350 g/mol. The van der Waals surface area contributed by atoms with Crippen LogP contribution in [0.25, 0.3) is 0 Å². The molecule has 0 aliphatic carbocycles. The van der Waals surface area contributed by atoms with Gasteiger partial charge in [-0.05, 0) is 43.4 Å². The molecule has 0 bridgehead atoms. The fourth-order valence-electron chi connectivity index (χ4n) is 13.2. The lowest BCUT2D eigenvalue weighted by Gasteiger charge is -2.21. The van der Waals surface area contributed by atoms with E-state index in [0.29, 0.717) is 25.7 Å². The highest BCUT2D eigenvalue weighted by Crippen LogP contribution is 2.45. The summed E-state index contributed by atoms with van der Waals surface area (Å²) in [6.45, 7) is 12.0. The molecule has 3 N–H and O–H groups in total. The highest BCUT2D eigenvalue weighted by Gasteiger charge is 2.30. The number of ether oxygens (including phenoxy) is 4. The van der Waals surface area contributed by atoms with E-state index in [1.807, 2.05) is 0 Å². The molecule has 0 heterocycles. The highest BCUT2D eigenvalue weighted by molar-refractivity contribution is 7.47. The highest BCUT2D eigenvalue weighted by atomic mass is 31.2. The minimum absolute atomic E-state index is 0.108. The molecule has 104 heavy (non-hydrogen) atoms. The van der Waals surface area contributed by atoms with Gasteiger partial charge in [0.25, 0.3) is 0 Å². The van der Waals surface area contributed by atoms with E-state index < -0.39 is 97.5 Å². The molecule has 0 amide bonds. The summed E-state index contributed by atoms with van der Waals surface area (Å²) < 4.78 is 68.9. The van der Waals surface area contributed by atoms with Gasteiger partial charge in [0, 0.05) is 25.7 Å². The number of carbonyl (C=O) groups excluding carboxylic acids is 4. The van der Waals surface area contributed by atoms with Crippen LogP contribution in [0.1, 0.15) is 447 Å². The fraction of sp³-hybridized carbons (Fsp3) is 0.953. The molecule has 0 aliphatic rings. The summed E-state index contributed by atoms with van der Waals surface area (Å²) in [6, 6.07) is 0. The molecular formula is C85H166O17P2. The average molecular weight is 1520 g/mol. The molecule has 0 aromatic carbocycles. The van der Waals surface area contributed by atoms with Crippen molar-refractivity contribution >= 4 is 39.5 Å². The Morgan fingerprint density at radius 2 is 0.442 bits per heavy atom. The number of unbranched alkanes of at least 4 members (excludes halogenated alkanes) is 51. The van der Waals surface area contributed by atoms with Gasteiger partial charge in [0.1, 0.15) is 19.3 Å². The molecule has 0 aliphatic heterocycles. The van der Waals surface area contributed by atoms with E-state index in [0.717, 1.165) is 108 Å². The van der Waals surface area contributed by atoms with Crippen LogP contribution in [0.4, 0.5) is 0 Å². The summed E-state index contributed by atoms with van der Waals surface area (Å²) in [5.74, 6) is 0.243. The first-order valence-electron chi connectivity index (χ1n) is 43.8. The van der Waals surface area contributed by atoms with Gasteiger partial charge in [-0.3, -0.25) is 37.3 Å². The lowest BCUT2D eigenvalue weighted by atomic mass is 10.0. The third-order valence-electron chi connectivity index (χ3n) is 19.9. The van der Waals surface area contributed by atoms with Crippen LogP contribution in [-0.4, -0.2) is 96.7 Å². The smallest absolute Gasteiger partial charge is 0.462 e. The summed E-state index contributed by atoms with van der Waals surface area (Å²) in [4.78, 5) is 73.2. The molecule has 0 radical (unpaired) electrons. The standard InChI is InChI=1S/C85H166O17P2/c1-8-9-10-11-12-13-14-15-20-28-33-38-47-54-61-68-85(90)102-81(73-96-83(88)67-60-53-46-41-40-44-51-58-65-78(6)7)75-100-104(93,94)98-71-79(86)70-97-103(91,92)99-74-80(101-84(89)69-62-55-48-39-34-29-24-19-17-22-26-31-36-43-50-57-64-77(4)5)72-95-82(87)66-59-52-45-37-32-27-23-18-16-21-25-30-35-42-49-56-63-76(2)3/h76-81,86H,8-75H2,1-7H3,(H,91,92)(H,93,94)/t79-,80-,81-/m1/s1. The normalized spacial score (nSPS) is 13.9. The molecule has 0 saturated carbocycles. The predicted octanol–water partition coefficient (Wildman–Crippen LogP) is 25.7.